The van der Waals surface area contributed by atoms with E-state index in [1.54, 1.807) is 24.3 Å². The number of nitrogens with zero attached hydrogens (tertiary/aromatic N) is 7. The molecular formula is C41H49FN10O18P2. The van der Waals surface area contributed by atoms with E-state index in [2.05, 4.69) is 29.8 Å². The third kappa shape index (κ3) is 12.5. The Hall–Kier alpha value is -5.72. The predicted octanol–water partition coefficient (Wildman–Crippen LogP) is -0.0450. The van der Waals surface area contributed by atoms with Gasteiger partial charge in [0.05, 0.1) is 32.6 Å². The number of nitrogens with two attached hydrogens (primary N) is 2. The topological polar surface area (TPSA) is 400 Å². The summed E-state index contributed by atoms with van der Waals surface area (Å²) in [7, 11) is -10.6. The highest BCUT2D eigenvalue weighted by Crippen LogP contribution is 2.50. The van der Waals surface area contributed by atoms with Crippen molar-refractivity contribution < 1.29 is 85.6 Å². The number of carbonyl (C=O) groups excluding carboxylic acids is 2. The molecule has 2 aromatic carbocycles. The fourth-order valence-corrected chi connectivity index (χ4v) is 9.57. The molecule has 1 amide bonds. The average Bonchev–Trinajstić information content (AvgIpc) is 4.00. The molecular weight excluding hydrogens is 1000 g/mol. The third-order valence-corrected chi connectivity index (χ3v) is 13.2. The van der Waals surface area contributed by atoms with Crippen molar-refractivity contribution in [1.29, 1.82) is 0 Å². The van der Waals surface area contributed by atoms with Crippen LogP contribution in [0.2, 0.25) is 0 Å². The maximum absolute atomic E-state index is 14.1. The number of aromatic nitrogens is 6. The van der Waals surface area contributed by atoms with Crippen molar-refractivity contribution in [2.24, 2.45) is 0 Å². The van der Waals surface area contributed by atoms with Crippen molar-refractivity contribution >= 4 is 56.0 Å². The summed E-state index contributed by atoms with van der Waals surface area (Å²) in [4.78, 5) is 86.2. The smallest absolute Gasteiger partial charge is 0.455 e. The van der Waals surface area contributed by atoms with Gasteiger partial charge in [-0.1, -0.05) is 30.7 Å². The van der Waals surface area contributed by atoms with Crippen LogP contribution in [-0.4, -0.2) is 145 Å². The molecule has 0 radical (unpaired) electrons. The number of esters is 1. The molecule has 3 aliphatic heterocycles. The first-order valence-electron chi connectivity index (χ1n) is 21.9. The monoisotopic (exact) mass is 1050 g/mol. The highest BCUT2D eigenvalue weighted by molar-refractivity contribution is 7.47. The Morgan fingerprint density at radius 3 is 2.25 bits per heavy atom. The molecule has 3 aliphatic rings. The number of anilines is 3. The first kappa shape index (κ1) is 52.6. The number of rotatable bonds is 19. The lowest BCUT2D eigenvalue weighted by atomic mass is 10.0. The summed E-state index contributed by atoms with van der Waals surface area (Å²) >= 11 is 0. The Labute approximate surface area is 406 Å². The van der Waals surface area contributed by atoms with Gasteiger partial charge in [0, 0.05) is 18.4 Å². The van der Waals surface area contributed by atoms with Crippen LogP contribution in [0.3, 0.4) is 0 Å². The van der Waals surface area contributed by atoms with Crippen LogP contribution in [0.1, 0.15) is 42.8 Å². The number of aliphatic hydroxyl groups is 3. The Balaban J connectivity index is 0.949. The van der Waals surface area contributed by atoms with Gasteiger partial charge in [-0.2, -0.15) is 4.98 Å². The molecule has 0 saturated carbocycles. The van der Waals surface area contributed by atoms with Crippen LogP contribution in [0, 0.1) is 5.82 Å². The quantitative estimate of drug-likeness (QED) is 0.0297. The lowest BCUT2D eigenvalue weighted by Crippen LogP contribution is -2.53. The zero-order valence-electron chi connectivity index (χ0n) is 37.5. The van der Waals surface area contributed by atoms with E-state index in [0.717, 1.165) is 17.1 Å². The Morgan fingerprint density at radius 1 is 0.875 bits per heavy atom. The number of hydrogen-bond donors (Lipinski definition) is 9. The number of aliphatic hydroxyl groups excluding tert-OH is 3. The van der Waals surface area contributed by atoms with Crippen molar-refractivity contribution in [1.82, 2.24) is 34.0 Å². The van der Waals surface area contributed by atoms with Crippen LogP contribution in [0.25, 0.3) is 11.2 Å². The van der Waals surface area contributed by atoms with Crippen LogP contribution in [0.15, 0.2) is 78.2 Å². The summed E-state index contributed by atoms with van der Waals surface area (Å²) in [5.74, 6) is -1.91. The van der Waals surface area contributed by atoms with Gasteiger partial charge in [-0.15, -0.1) is 0 Å². The number of nitrogen functional groups attached to an aromatic ring is 2. The number of imidazole rings is 1. The average molecular weight is 1050 g/mol. The number of phosphoric ester groups is 2. The highest BCUT2D eigenvalue weighted by Gasteiger charge is 2.52. The summed E-state index contributed by atoms with van der Waals surface area (Å²) in [6.45, 7) is -1.96. The molecule has 11 N–H and O–H groups in total. The summed E-state index contributed by atoms with van der Waals surface area (Å²) in [6, 6.07) is 12.1. The summed E-state index contributed by atoms with van der Waals surface area (Å²) in [6.07, 6.45) is -10.9. The third-order valence-electron chi connectivity index (χ3n) is 11.7. The van der Waals surface area contributed by atoms with E-state index in [0.29, 0.717) is 29.7 Å². The number of carbonyl (C=O) groups is 2. The highest BCUT2D eigenvalue weighted by atomic mass is 31.2. The molecule has 72 heavy (non-hydrogen) atoms. The second-order valence-corrected chi connectivity index (χ2v) is 19.3. The number of piperidine rings is 1. The minimum absolute atomic E-state index is 0.0199. The number of benzene rings is 2. The molecule has 3 unspecified atom stereocenters. The van der Waals surface area contributed by atoms with Crippen molar-refractivity contribution in [3.8, 4) is 0 Å². The van der Waals surface area contributed by atoms with E-state index < -0.39 is 108 Å². The van der Waals surface area contributed by atoms with Crippen molar-refractivity contribution in [3.05, 3.63) is 101 Å². The molecule has 0 spiro atoms. The number of nitrogens with one attached hydrogen (secondary N) is 1. The van der Waals surface area contributed by atoms with Gasteiger partial charge in [0.1, 0.15) is 60.0 Å². The number of phosphoric acid groups is 2. The van der Waals surface area contributed by atoms with E-state index in [1.165, 1.54) is 46.1 Å². The van der Waals surface area contributed by atoms with Crippen LogP contribution in [0.4, 0.5) is 21.7 Å². The van der Waals surface area contributed by atoms with Gasteiger partial charge in [0.15, 0.2) is 30.0 Å². The van der Waals surface area contributed by atoms with E-state index in [1.807, 2.05) is 0 Å². The van der Waals surface area contributed by atoms with Gasteiger partial charge in [-0.05, 0) is 54.3 Å². The van der Waals surface area contributed by atoms with Gasteiger partial charge in [0.2, 0.25) is 12.3 Å². The lowest BCUT2D eigenvalue weighted by Gasteiger charge is -2.37. The standard InChI is InChI=1S/C41H49FN10O18P2/c42-23-8-4-21(5-9-23)15-29(53)48-24-10-6-22(7-11-24)16-64-41(58)50-13-2-1-3-25(50)39(56)69-33-26(67-38(31(33)54)52-20-47-30-35(44)45-19-46-36(30)52)18-66-72(62,63)70-34-27(17-65-71(59,60)61)68-37(32(34)55)51-14-12-28(43)49-40(51)57/h4-12,14,19-20,25-27,31-34,37-38,41,54-55,58H,1-3,13,15-18H2,(H,48,53)(H,62,63)(H2,43,49,57)(H2,44,45,46)(H2,59,60,61)/t25-,26+,27+,31+,32+,33+,34+,37+,38?,41?/m0/s1. The van der Waals surface area contributed by atoms with Crippen LogP contribution < -0.4 is 22.5 Å². The number of likely N-dealkylation sites (tertiary alicyclic amines) is 1. The molecule has 11 atom stereocenters. The Kier molecular flexibility index (Phi) is 16.2. The van der Waals surface area contributed by atoms with Gasteiger partial charge < -0.3 is 65.7 Å². The van der Waals surface area contributed by atoms with E-state index >= 15 is 0 Å². The maximum Gasteiger partial charge on any atom is 0.472 e. The molecule has 6 heterocycles. The minimum Gasteiger partial charge on any atom is -0.455 e. The zero-order valence-corrected chi connectivity index (χ0v) is 39.3. The zero-order chi connectivity index (χ0) is 51.5. The number of hydrogen-bond acceptors (Lipinski definition) is 22. The van der Waals surface area contributed by atoms with Gasteiger partial charge in [0.25, 0.3) is 0 Å². The fraction of sp³-hybridized carbons (Fsp3) is 0.439. The van der Waals surface area contributed by atoms with Crippen molar-refractivity contribution in [2.45, 2.75) is 93.8 Å². The van der Waals surface area contributed by atoms with E-state index in [4.69, 9.17) is 39.5 Å². The normalized spacial score (nSPS) is 26.1. The largest absolute Gasteiger partial charge is 0.472 e. The molecule has 0 bridgehead atoms. The number of amides is 1. The van der Waals surface area contributed by atoms with E-state index in [-0.39, 0.29) is 54.7 Å². The first-order chi connectivity index (χ1) is 34.2. The fourth-order valence-electron chi connectivity index (χ4n) is 8.27. The van der Waals surface area contributed by atoms with Crippen LogP contribution in [0.5, 0.6) is 0 Å². The predicted molar refractivity (Wildman–Crippen MR) is 241 cm³/mol. The summed E-state index contributed by atoms with van der Waals surface area (Å²) < 4.78 is 78.9. The van der Waals surface area contributed by atoms with Crippen molar-refractivity contribution in [2.75, 3.05) is 36.5 Å². The van der Waals surface area contributed by atoms with Gasteiger partial charge in [-0.3, -0.25) is 32.3 Å². The second-order valence-electron chi connectivity index (χ2n) is 16.7. The molecule has 8 rings (SSSR count). The van der Waals surface area contributed by atoms with Crippen LogP contribution >= 0.6 is 15.6 Å². The van der Waals surface area contributed by atoms with Crippen LogP contribution in [-0.2, 0) is 64.3 Å². The molecule has 388 valence electrons. The molecule has 28 nitrogen and oxygen atoms in total. The first-order valence-corrected chi connectivity index (χ1v) is 25.0. The Bertz CT molecular complexity index is 2880. The summed E-state index contributed by atoms with van der Waals surface area (Å²) in [5.41, 5.74) is 12.4. The second kappa shape index (κ2) is 22.2. The maximum atomic E-state index is 14.1. The molecule has 31 heteroatoms. The van der Waals surface area contributed by atoms with E-state index in [9.17, 15) is 57.9 Å². The molecule has 0 aliphatic carbocycles. The molecule has 3 saturated heterocycles. The van der Waals surface area contributed by atoms with Crippen molar-refractivity contribution in [3.63, 3.8) is 0 Å². The minimum atomic E-state index is -5.44. The summed E-state index contributed by atoms with van der Waals surface area (Å²) in [5, 5.41) is 37.0. The van der Waals surface area contributed by atoms with Gasteiger partial charge >= 0.3 is 27.3 Å². The lowest BCUT2D eigenvalue weighted by molar-refractivity contribution is -0.224. The Morgan fingerprint density at radius 2 is 1.54 bits per heavy atom. The SMILES string of the molecule is Nc1ccn([C@@H]2O[C@H](COP(=O)(O)O)[C@@H](OP(=O)(O)OC[C@H]3OC(n4cnc5c(N)ncnc54)[C@H](O)[C@@H]3OC(=O)[C@@H]3CCCCN3C(O)OCc3ccc(NC(=O)Cc4ccc(F)cc4)cc3)[C@H]2O)c(=O)n1. The number of ether oxygens (including phenoxy) is 4. The van der Waals surface area contributed by atoms with Gasteiger partial charge in [-0.25, -0.2) is 38.2 Å². The molecule has 5 aromatic rings. The number of fused-ring (bicyclic) bond motifs is 1. The molecule has 3 fully saturated rings. The molecule has 3 aromatic heterocycles. The number of halogens is 1.